The second-order valence-corrected chi connectivity index (χ2v) is 5.55. The number of alkyl halides is 3. The number of fused-ring (bicyclic) bond motifs is 1. The molecule has 0 saturated heterocycles. The number of nitriles is 1. The average Bonchev–Trinajstić information content (AvgIpc) is 3.08. The van der Waals surface area contributed by atoms with Gasteiger partial charge in [-0.15, -0.1) is 13.2 Å². The Morgan fingerprint density at radius 2 is 2.00 bits per heavy atom. The first kappa shape index (κ1) is 18.5. The lowest BCUT2D eigenvalue weighted by Crippen LogP contribution is -2.17. The quantitative estimate of drug-likeness (QED) is 0.594. The van der Waals surface area contributed by atoms with Gasteiger partial charge in [-0.2, -0.15) is 5.26 Å². The Morgan fingerprint density at radius 3 is 2.59 bits per heavy atom. The van der Waals surface area contributed by atoms with Crippen molar-refractivity contribution in [2.24, 2.45) is 0 Å². The summed E-state index contributed by atoms with van der Waals surface area (Å²) in [5.74, 6) is -2.25. The zero-order valence-corrected chi connectivity index (χ0v) is 13.8. The van der Waals surface area contributed by atoms with Crippen molar-refractivity contribution in [2.45, 2.75) is 12.8 Å². The molecule has 1 heterocycles. The third-order valence-electron chi connectivity index (χ3n) is 3.95. The summed E-state index contributed by atoms with van der Waals surface area (Å²) < 4.78 is 65.2. The summed E-state index contributed by atoms with van der Waals surface area (Å²) in [5.41, 5.74) is 0.453. The Hall–Kier alpha value is -3.28. The Balaban J connectivity index is 2.15. The second kappa shape index (κ2) is 6.79. The molecule has 0 unspecified atom stereocenters. The molecule has 0 aromatic heterocycles. The maximum atomic E-state index is 14.5. The molecule has 140 valence electrons. The molecule has 0 bridgehead atoms. The van der Waals surface area contributed by atoms with Crippen molar-refractivity contribution in [2.75, 3.05) is 13.7 Å². The summed E-state index contributed by atoms with van der Waals surface area (Å²) in [7, 11) is 1.17. The molecule has 0 N–H and O–H groups in total. The number of carbonyl (C=O) groups excluding carboxylic acids is 1. The lowest BCUT2D eigenvalue weighted by atomic mass is 9.92. The summed E-state index contributed by atoms with van der Waals surface area (Å²) in [6.07, 6.45) is -4.65. The van der Waals surface area contributed by atoms with Gasteiger partial charge in [-0.25, -0.2) is 9.18 Å². The summed E-state index contributed by atoms with van der Waals surface area (Å²) in [5, 5.41) is 9.37. The van der Waals surface area contributed by atoms with Crippen LogP contribution in [0.4, 0.5) is 17.6 Å². The fourth-order valence-corrected chi connectivity index (χ4v) is 2.91. The normalized spacial score (nSPS) is 12.7. The zero-order chi connectivity index (χ0) is 19.8. The number of hydrogen-bond donors (Lipinski definition) is 0. The van der Waals surface area contributed by atoms with Gasteiger partial charge in [0.2, 0.25) is 0 Å². The molecule has 0 aliphatic carbocycles. The number of esters is 1. The van der Waals surface area contributed by atoms with Gasteiger partial charge in [0.05, 0.1) is 24.8 Å². The van der Waals surface area contributed by atoms with Crippen LogP contribution in [-0.2, 0) is 11.2 Å². The molecule has 0 fully saturated rings. The molecule has 0 spiro atoms. The van der Waals surface area contributed by atoms with E-state index < -0.39 is 23.9 Å². The Bertz CT molecular complexity index is 963. The number of halogens is 4. The molecular formula is C18H11F4NO4. The van der Waals surface area contributed by atoms with Crippen LogP contribution in [0.15, 0.2) is 24.3 Å². The van der Waals surface area contributed by atoms with E-state index in [-0.39, 0.29) is 34.6 Å². The molecule has 3 rings (SSSR count). The number of ether oxygens (including phenoxy) is 3. The van der Waals surface area contributed by atoms with Crippen molar-refractivity contribution < 1.29 is 36.6 Å². The van der Waals surface area contributed by atoms with Gasteiger partial charge >= 0.3 is 12.3 Å². The first-order chi connectivity index (χ1) is 12.7. The number of carbonyl (C=O) groups is 1. The molecule has 1 aliphatic heterocycles. The van der Waals surface area contributed by atoms with Crippen LogP contribution in [0.3, 0.4) is 0 Å². The molecule has 0 atom stereocenters. The highest BCUT2D eigenvalue weighted by Gasteiger charge is 2.32. The molecule has 2 aromatic carbocycles. The van der Waals surface area contributed by atoms with Crippen LogP contribution >= 0.6 is 0 Å². The van der Waals surface area contributed by atoms with E-state index in [1.807, 2.05) is 6.07 Å². The monoisotopic (exact) mass is 381 g/mol. The standard InChI is InChI=1S/C18H11F4NO4/c1-25-17(24)15-9(8-23)6-13(16-12(15)4-5-26-16)11-3-2-10(7-14(11)19)27-18(20,21)22/h2-3,6-7H,4-5H2,1H3. The van der Waals surface area contributed by atoms with Gasteiger partial charge < -0.3 is 14.2 Å². The smallest absolute Gasteiger partial charge is 0.492 e. The third kappa shape index (κ3) is 3.51. The topological polar surface area (TPSA) is 68.6 Å². The van der Waals surface area contributed by atoms with Gasteiger partial charge in [-0.1, -0.05) is 0 Å². The zero-order valence-electron chi connectivity index (χ0n) is 13.8. The van der Waals surface area contributed by atoms with Gasteiger partial charge in [-0.05, 0) is 18.2 Å². The molecule has 9 heteroatoms. The molecule has 27 heavy (non-hydrogen) atoms. The maximum Gasteiger partial charge on any atom is 0.573 e. The van der Waals surface area contributed by atoms with E-state index in [0.29, 0.717) is 18.1 Å². The van der Waals surface area contributed by atoms with E-state index in [1.165, 1.54) is 13.2 Å². The molecular weight excluding hydrogens is 370 g/mol. The van der Waals surface area contributed by atoms with Crippen LogP contribution in [0.5, 0.6) is 11.5 Å². The molecule has 0 amide bonds. The first-order valence-corrected chi connectivity index (χ1v) is 7.62. The number of rotatable bonds is 3. The van der Waals surface area contributed by atoms with Crippen LogP contribution in [0, 0.1) is 17.1 Å². The van der Waals surface area contributed by atoms with E-state index in [4.69, 9.17) is 9.47 Å². The molecule has 0 radical (unpaired) electrons. The molecule has 5 nitrogen and oxygen atoms in total. The van der Waals surface area contributed by atoms with Gasteiger partial charge in [0.15, 0.2) is 0 Å². The van der Waals surface area contributed by atoms with Crippen LogP contribution in [-0.4, -0.2) is 26.0 Å². The average molecular weight is 381 g/mol. The van der Waals surface area contributed by atoms with Gasteiger partial charge in [-0.3, -0.25) is 0 Å². The minimum Gasteiger partial charge on any atom is -0.492 e. The molecule has 1 aliphatic rings. The first-order valence-electron chi connectivity index (χ1n) is 7.62. The maximum absolute atomic E-state index is 14.5. The van der Waals surface area contributed by atoms with Crippen molar-refractivity contribution in [3.63, 3.8) is 0 Å². The number of nitrogens with zero attached hydrogens (tertiary/aromatic N) is 1. The summed E-state index contributed by atoms with van der Waals surface area (Å²) in [6, 6.07) is 5.74. The highest BCUT2D eigenvalue weighted by atomic mass is 19.4. The third-order valence-corrected chi connectivity index (χ3v) is 3.95. The highest BCUT2D eigenvalue weighted by Crippen LogP contribution is 2.42. The lowest BCUT2D eigenvalue weighted by Gasteiger charge is -2.14. The van der Waals surface area contributed by atoms with E-state index in [9.17, 15) is 27.6 Å². The largest absolute Gasteiger partial charge is 0.573 e. The number of methoxy groups -OCH3 is 1. The van der Waals surface area contributed by atoms with Gasteiger partial charge in [0.25, 0.3) is 0 Å². The van der Waals surface area contributed by atoms with E-state index in [1.54, 1.807) is 0 Å². The van der Waals surface area contributed by atoms with Crippen LogP contribution in [0.25, 0.3) is 11.1 Å². The minimum atomic E-state index is -4.95. The van der Waals surface area contributed by atoms with Gasteiger partial charge in [0, 0.05) is 29.2 Å². The summed E-state index contributed by atoms with van der Waals surface area (Å²) in [4.78, 5) is 12.0. The van der Waals surface area contributed by atoms with Crippen LogP contribution < -0.4 is 9.47 Å². The van der Waals surface area contributed by atoms with Gasteiger partial charge in [0.1, 0.15) is 23.4 Å². The summed E-state index contributed by atoms with van der Waals surface area (Å²) in [6.45, 7) is 0.206. The molecule has 0 saturated carbocycles. The predicted octanol–water partition coefficient (Wildman–Crippen LogP) is 3.98. The minimum absolute atomic E-state index is 0.0358. The number of benzene rings is 2. The fraction of sp³-hybridized carbons (Fsp3) is 0.222. The van der Waals surface area contributed by atoms with Crippen molar-refractivity contribution in [1.29, 1.82) is 5.26 Å². The van der Waals surface area contributed by atoms with Crippen molar-refractivity contribution in [3.8, 4) is 28.7 Å². The highest BCUT2D eigenvalue weighted by molar-refractivity contribution is 5.97. The van der Waals surface area contributed by atoms with Crippen LogP contribution in [0.1, 0.15) is 21.5 Å². The second-order valence-electron chi connectivity index (χ2n) is 5.55. The molecule has 2 aromatic rings. The predicted molar refractivity (Wildman–Crippen MR) is 83.8 cm³/mol. The van der Waals surface area contributed by atoms with E-state index in [0.717, 1.165) is 12.1 Å². The van der Waals surface area contributed by atoms with E-state index >= 15 is 0 Å². The Kier molecular flexibility index (Phi) is 4.66. The van der Waals surface area contributed by atoms with Crippen molar-refractivity contribution in [3.05, 3.63) is 46.8 Å². The lowest BCUT2D eigenvalue weighted by molar-refractivity contribution is -0.274. The Labute approximate surface area is 150 Å². The van der Waals surface area contributed by atoms with Crippen molar-refractivity contribution in [1.82, 2.24) is 0 Å². The van der Waals surface area contributed by atoms with E-state index in [2.05, 4.69) is 4.74 Å². The van der Waals surface area contributed by atoms with Crippen molar-refractivity contribution >= 4 is 5.97 Å². The Morgan fingerprint density at radius 1 is 1.26 bits per heavy atom. The fourth-order valence-electron chi connectivity index (χ4n) is 2.91. The van der Waals surface area contributed by atoms with Crippen LogP contribution in [0.2, 0.25) is 0 Å². The summed E-state index contributed by atoms with van der Waals surface area (Å²) >= 11 is 0. The number of hydrogen-bond acceptors (Lipinski definition) is 5. The SMILES string of the molecule is COC(=O)c1c(C#N)cc(-c2ccc(OC(F)(F)F)cc2F)c2c1CCO2.